The van der Waals surface area contributed by atoms with E-state index in [0.29, 0.717) is 0 Å². The van der Waals surface area contributed by atoms with E-state index >= 15 is 0 Å². The Morgan fingerprint density at radius 3 is 1.59 bits per heavy atom. The highest BCUT2D eigenvalue weighted by Gasteiger charge is 2.46. The molecular formula is C52H59BN2S. The normalized spacial score (nSPS) is 14.6. The minimum atomic E-state index is -0.0403. The standard InChI is InChI=1S/C52H59BN2S/c1-48(2,3)30-16-20-35(21-17-30)55-47-44(38-25-32(50(7,8)9)19-23-43(38)56-47)39-27-34(52(13,14)15)29-42-45(39)53(55)40-28-33(51(10,11)12)26-37-36-24-31(49(4,5)6)18-22-41(36)54(42)46(37)40/h16-29H,1-15H3. The van der Waals surface area contributed by atoms with Gasteiger partial charge in [0, 0.05) is 37.8 Å². The maximum Gasteiger partial charge on any atom is 0.333 e. The van der Waals surface area contributed by atoms with Crippen LogP contribution in [0.2, 0.25) is 0 Å². The number of fused-ring (bicyclic) bond motifs is 9. The van der Waals surface area contributed by atoms with Crippen LogP contribution in [-0.4, -0.2) is 11.4 Å². The van der Waals surface area contributed by atoms with Crippen molar-refractivity contribution in [1.82, 2.24) is 4.57 Å². The summed E-state index contributed by atoms with van der Waals surface area (Å²) in [5.41, 5.74) is 17.8. The molecule has 9 rings (SSSR count). The second kappa shape index (κ2) is 11.7. The van der Waals surface area contributed by atoms with Gasteiger partial charge in [-0.1, -0.05) is 140 Å². The quantitative estimate of drug-likeness (QED) is 0.152. The molecule has 0 saturated carbocycles. The van der Waals surface area contributed by atoms with Crippen LogP contribution in [-0.2, 0) is 27.1 Å². The topological polar surface area (TPSA) is 8.17 Å². The molecular weight excluding hydrogens is 695 g/mol. The van der Waals surface area contributed by atoms with Crippen LogP contribution in [0.15, 0.2) is 84.9 Å². The third-order valence-corrected chi connectivity index (χ3v) is 13.9. The third kappa shape index (κ3) is 5.56. The van der Waals surface area contributed by atoms with Crippen molar-refractivity contribution >= 4 is 71.7 Å². The Kier molecular flexibility index (Phi) is 7.77. The first-order valence-corrected chi connectivity index (χ1v) is 21.5. The van der Waals surface area contributed by atoms with Gasteiger partial charge in [0.15, 0.2) is 0 Å². The van der Waals surface area contributed by atoms with E-state index in [-0.39, 0.29) is 33.9 Å². The lowest BCUT2D eigenvalue weighted by molar-refractivity contribution is 0.590. The van der Waals surface area contributed by atoms with Crippen molar-refractivity contribution in [3.05, 3.63) is 113 Å². The van der Waals surface area contributed by atoms with Crippen LogP contribution in [0, 0.1) is 0 Å². The largest absolute Gasteiger partial charge is 0.368 e. The monoisotopic (exact) mass is 754 g/mol. The van der Waals surface area contributed by atoms with Crippen LogP contribution in [0.5, 0.6) is 0 Å². The van der Waals surface area contributed by atoms with Crippen LogP contribution in [0.4, 0.5) is 10.7 Å². The van der Waals surface area contributed by atoms with Gasteiger partial charge in [-0.05, 0) is 120 Å². The zero-order chi connectivity index (χ0) is 40.2. The van der Waals surface area contributed by atoms with Crippen molar-refractivity contribution in [1.29, 1.82) is 0 Å². The summed E-state index contributed by atoms with van der Waals surface area (Å²) in [5.74, 6) is 0. The molecule has 0 N–H and O–H groups in total. The highest BCUT2D eigenvalue weighted by molar-refractivity contribution is 7.25. The fourth-order valence-corrected chi connectivity index (χ4v) is 10.4. The number of rotatable bonds is 1. The number of aromatic nitrogens is 1. The van der Waals surface area contributed by atoms with Crippen LogP contribution in [0.3, 0.4) is 0 Å². The van der Waals surface area contributed by atoms with Crippen molar-refractivity contribution in [3.8, 4) is 16.8 Å². The van der Waals surface area contributed by atoms with Gasteiger partial charge in [0.25, 0.3) is 0 Å². The van der Waals surface area contributed by atoms with Crippen molar-refractivity contribution in [2.24, 2.45) is 0 Å². The lowest BCUT2D eigenvalue weighted by Crippen LogP contribution is -2.60. The molecule has 0 aliphatic carbocycles. The molecule has 2 aliphatic rings. The predicted octanol–water partition coefficient (Wildman–Crippen LogP) is 13.7. The summed E-state index contributed by atoms with van der Waals surface area (Å²) in [6.07, 6.45) is 0. The lowest BCUT2D eigenvalue weighted by Gasteiger charge is -2.42. The number of nitrogens with zero attached hydrogens (tertiary/aromatic N) is 2. The maximum absolute atomic E-state index is 2.73. The Hall–Kier alpha value is -4.28. The van der Waals surface area contributed by atoms with Gasteiger partial charge in [-0.3, -0.25) is 0 Å². The average molecular weight is 755 g/mol. The molecule has 0 radical (unpaired) electrons. The van der Waals surface area contributed by atoms with Gasteiger partial charge in [-0.2, -0.15) is 0 Å². The summed E-state index contributed by atoms with van der Waals surface area (Å²) >= 11 is 1.97. The van der Waals surface area contributed by atoms with Gasteiger partial charge in [-0.25, -0.2) is 0 Å². The highest BCUT2D eigenvalue weighted by Crippen LogP contribution is 2.53. The number of thiophene rings is 1. The summed E-state index contributed by atoms with van der Waals surface area (Å²) in [6.45, 7) is 35.2. The average Bonchev–Trinajstić information content (AvgIpc) is 3.64. The van der Waals surface area contributed by atoms with Crippen LogP contribution in [0.1, 0.15) is 132 Å². The number of benzene rings is 5. The van der Waals surface area contributed by atoms with Crippen LogP contribution < -0.4 is 15.7 Å². The molecule has 0 bridgehead atoms. The minimum Gasteiger partial charge on any atom is -0.368 e. The summed E-state index contributed by atoms with van der Waals surface area (Å²) in [6, 6.07) is 34.3. The fraction of sp³-hybridized carbons (Fsp3) is 0.385. The molecule has 0 saturated heterocycles. The van der Waals surface area contributed by atoms with Crippen molar-refractivity contribution in [2.75, 3.05) is 4.81 Å². The zero-order valence-electron chi connectivity index (χ0n) is 36.5. The van der Waals surface area contributed by atoms with E-state index < -0.39 is 0 Å². The summed E-state index contributed by atoms with van der Waals surface area (Å²) in [4.78, 5) is 2.73. The zero-order valence-corrected chi connectivity index (χ0v) is 37.3. The Bertz CT molecular complexity index is 2760. The molecule has 2 aromatic heterocycles. The second-order valence-electron chi connectivity index (χ2n) is 22.0. The maximum atomic E-state index is 2.73. The highest BCUT2D eigenvalue weighted by atomic mass is 32.1. The van der Waals surface area contributed by atoms with Gasteiger partial charge < -0.3 is 9.38 Å². The Morgan fingerprint density at radius 2 is 1.00 bits per heavy atom. The Balaban J connectivity index is 1.49. The smallest absolute Gasteiger partial charge is 0.333 e. The van der Waals surface area contributed by atoms with Crippen LogP contribution >= 0.6 is 11.3 Å². The number of anilines is 2. The molecule has 2 nitrogen and oxygen atoms in total. The van der Waals surface area contributed by atoms with E-state index in [1.165, 1.54) is 98.1 Å². The molecule has 0 amide bonds. The van der Waals surface area contributed by atoms with Crippen molar-refractivity contribution in [3.63, 3.8) is 0 Å². The molecule has 4 heterocycles. The van der Waals surface area contributed by atoms with Gasteiger partial charge >= 0.3 is 6.85 Å². The molecule has 7 aromatic rings. The SMILES string of the molecule is CC(C)(C)c1ccc(N2B3c4c(cc(C(C)(C)C)cc4-n4c5ccc(C(C)(C)C)cc5c5cc(C(C)(C)C)cc3c54)-c3c2sc2ccc(C(C)(C)C)cc32)cc1. The third-order valence-electron chi connectivity index (χ3n) is 12.7. The van der Waals surface area contributed by atoms with E-state index in [9.17, 15) is 0 Å². The van der Waals surface area contributed by atoms with E-state index in [1.807, 2.05) is 11.3 Å². The first-order chi connectivity index (χ1) is 25.9. The summed E-state index contributed by atoms with van der Waals surface area (Å²) in [7, 11) is 0. The Labute approximate surface area is 340 Å². The number of hydrogen-bond donors (Lipinski definition) is 0. The number of hydrogen-bond acceptors (Lipinski definition) is 2. The van der Waals surface area contributed by atoms with Gasteiger partial charge in [0.2, 0.25) is 0 Å². The van der Waals surface area contributed by atoms with Crippen molar-refractivity contribution < 1.29 is 0 Å². The first kappa shape index (κ1) is 37.3. The molecule has 4 heteroatoms. The van der Waals surface area contributed by atoms with E-state index in [2.05, 4.69) is 198 Å². The molecule has 0 unspecified atom stereocenters. The van der Waals surface area contributed by atoms with E-state index in [4.69, 9.17) is 0 Å². The minimum absolute atomic E-state index is 0.000789. The summed E-state index contributed by atoms with van der Waals surface area (Å²) in [5, 5.41) is 5.43. The molecule has 5 aromatic carbocycles. The molecule has 0 fully saturated rings. The predicted molar refractivity (Wildman–Crippen MR) is 249 cm³/mol. The first-order valence-electron chi connectivity index (χ1n) is 20.7. The molecule has 286 valence electrons. The van der Waals surface area contributed by atoms with E-state index in [1.54, 1.807) is 0 Å². The summed E-state index contributed by atoms with van der Waals surface area (Å²) < 4.78 is 4.01. The van der Waals surface area contributed by atoms with Crippen LogP contribution in [0.25, 0.3) is 48.7 Å². The molecule has 56 heavy (non-hydrogen) atoms. The molecule has 2 aliphatic heterocycles. The van der Waals surface area contributed by atoms with E-state index in [0.717, 1.165) is 0 Å². The van der Waals surface area contributed by atoms with Gasteiger partial charge in [-0.15, -0.1) is 11.3 Å². The van der Waals surface area contributed by atoms with Gasteiger partial charge in [0.05, 0.1) is 16.0 Å². The molecule has 0 spiro atoms. The molecule has 0 atom stereocenters. The van der Waals surface area contributed by atoms with Crippen molar-refractivity contribution in [2.45, 2.75) is 131 Å². The second-order valence-corrected chi connectivity index (χ2v) is 23.1. The lowest BCUT2D eigenvalue weighted by atomic mass is 9.44. The van der Waals surface area contributed by atoms with Gasteiger partial charge in [0.1, 0.15) is 0 Å². The Morgan fingerprint density at radius 1 is 0.482 bits per heavy atom. The fourth-order valence-electron chi connectivity index (χ4n) is 9.20.